The smallest absolute Gasteiger partial charge is 0.0572 e. The lowest BCUT2D eigenvalue weighted by atomic mass is 9.84. The summed E-state index contributed by atoms with van der Waals surface area (Å²) in [6, 6.07) is 12.0. The van der Waals surface area contributed by atoms with Crippen LogP contribution in [0.4, 0.5) is 0 Å². The molecule has 2 aliphatic heterocycles. The number of hydrogen-bond donors (Lipinski definition) is 1. The zero-order valence-corrected chi connectivity index (χ0v) is 11.8. The summed E-state index contributed by atoms with van der Waals surface area (Å²) in [4.78, 5) is 2.54. The van der Waals surface area contributed by atoms with Crippen molar-refractivity contribution >= 4 is 0 Å². The van der Waals surface area contributed by atoms with Crippen molar-refractivity contribution in [2.75, 3.05) is 7.05 Å². The van der Waals surface area contributed by atoms with E-state index in [4.69, 9.17) is 0 Å². The van der Waals surface area contributed by atoms with Crippen LogP contribution in [0.15, 0.2) is 30.3 Å². The van der Waals surface area contributed by atoms with Crippen LogP contribution < -0.4 is 0 Å². The molecule has 2 bridgehead atoms. The van der Waals surface area contributed by atoms with Crippen LogP contribution in [-0.2, 0) is 6.42 Å². The van der Waals surface area contributed by atoms with Crippen LogP contribution in [0.3, 0.4) is 0 Å². The van der Waals surface area contributed by atoms with E-state index in [9.17, 15) is 5.11 Å². The average Bonchev–Trinajstić information content (AvgIpc) is 2.68. The fourth-order valence-corrected chi connectivity index (χ4v) is 3.96. The Bertz CT molecular complexity index is 391. The number of aliphatic hydroxyl groups excluding tert-OH is 1. The first kappa shape index (κ1) is 13.1. The van der Waals surface area contributed by atoms with Gasteiger partial charge < -0.3 is 10.0 Å². The number of piperidine rings is 1. The molecule has 2 saturated heterocycles. The summed E-state index contributed by atoms with van der Waals surface area (Å²) in [5.74, 6) is 0.525. The van der Waals surface area contributed by atoms with E-state index in [-0.39, 0.29) is 6.10 Å². The highest BCUT2D eigenvalue weighted by Gasteiger charge is 2.40. The minimum atomic E-state index is -0.114. The fourth-order valence-electron chi connectivity index (χ4n) is 3.96. The quantitative estimate of drug-likeness (QED) is 0.899. The van der Waals surface area contributed by atoms with Crippen molar-refractivity contribution in [2.24, 2.45) is 5.92 Å². The molecule has 0 aromatic heterocycles. The number of aryl methyl sites for hydroxylation is 1. The zero-order valence-electron chi connectivity index (χ0n) is 11.8. The van der Waals surface area contributed by atoms with Crippen LogP contribution in [0.25, 0.3) is 0 Å². The predicted molar refractivity (Wildman–Crippen MR) is 78.1 cm³/mol. The molecule has 19 heavy (non-hydrogen) atoms. The summed E-state index contributed by atoms with van der Waals surface area (Å²) in [6.45, 7) is 0. The number of benzene rings is 1. The van der Waals surface area contributed by atoms with Crippen LogP contribution in [0, 0.1) is 5.92 Å². The summed E-state index contributed by atoms with van der Waals surface area (Å²) in [6.07, 6.45) is 6.87. The third-order valence-corrected chi connectivity index (χ3v) is 5.25. The second-order valence-electron chi connectivity index (χ2n) is 6.37. The number of rotatable bonds is 4. The van der Waals surface area contributed by atoms with Gasteiger partial charge in [-0.1, -0.05) is 30.3 Å². The fraction of sp³-hybridized carbons (Fsp3) is 0.647. The zero-order chi connectivity index (χ0) is 13.2. The van der Waals surface area contributed by atoms with Crippen molar-refractivity contribution in [1.82, 2.24) is 4.90 Å². The SMILES string of the molecule is CN1C2CCC1CC(C(O)CCc1ccccc1)C2. The van der Waals surface area contributed by atoms with Gasteiger partial charge in [0, 0.05) is 12.1 Å². The lowest BCUT2D eigenvalue weighted by Crippen LogP contribution is -2.43. The molecule has 2 nitrogen and oxygen atoms in total. The third-order valence-electron chi connectivity index (χ3n) is 5.25. The summed E-state index contributed by atoms with van der Waals surface area (Å²) in [5.41, 5.74) is 1.34. The van der Waals surface area contributed by atoms with E-state index in [1.54, 1.807) is 0 Å². The number of aliphatic hydroxyl groups is 1. The molecule has 2 heterocycles. The Morgan fingerprint density at radius 1 is 1.16 bits per heavy atom. The molecule has 1 aromatic rings. The molecule has 1 N–H and O–H groups in total. The van der Waals surface area contributed by atoms with Crippen LogP contribution >= 0.6 is 0 Å². The van der Waals surface area contributed by atoms with E-state index in [0.717, 1.165) is 24.9 Å². The summed E-state index contributed by atoms with van der Waals surface area (Å²) in [5, 5.41) is 10.5. The number of hydrogen-bond acceptors (Lipinski definition) is 2. The Morgan fingerprint density at radius 3 is 2.42 bits per heavy atom. The lowest BCUT2D eigenvalue weighted by molar-refractivity contribution is 0.0320. The highest BCUT2D eigenvalue weighted by molar-refractivity contribution is 5.14. The monoisotopic (exact) mass is 259 g/mol. The molecule has 0 aliphatic carbocycles. The predicted octanol–water partition coefficient (Wildman–Crippen LogP) is 2.85. The minimum Gasteiger partial charge on any atom is -0.393 e. The lowest BCUT2D eigenvalue weighted by Gasteiger charge is -2.38. The molecule has 0 amide bonds. The molecule has 3 rings (SSSR count). The number of fused-ring (bicyclic) bond motifs is 2. The summed E-state index contributed by atoms with van der Waals surface area (Å²) in [7, 11) is 2.26. The maximum absolute atomic E-state index is 10.5. The molecule has 0 radical (unpaired) electrons. The first-order chi connectivity index (χ1) is 9.24. The van der Waals surface area contributed by atoms with Crippen molar-refractivity contribution in [1.29, 1.82) is 0 Å². The van der Waals surface area contributed by atoms with Crippen molar-refractivity contribution < 1.29 is 5.11 Å². The molecule has 104 valence electrons. The van der Waals surface area contributed by atoms with Crippen LogP contribution in [0.2, 0.25) is 0 Å². The largest absolute Gasteiger partial charge is 0.393 e. The first-order valence-electron chi connectivity index (χ1n) is 7.68. The van der Waals surface area contributed by atoms with Gasteiger partial charge in [0.1, 0.15) is 0 Å². The van der Waals surface area contributed by atoms with Crippen LogP contribution in [0.5, 0.6) is 0 Å². The van der Waals surface area contributed by atoms with E-state index in [2.05, 4.69) is 42.3 Å². The molecule has 3 unspecified atom stereocenters. The van der Waals surface area contributed by atoms with Gasteiger partial charge in [0.15, 0.2) is 0 Å². The Kier molecular flexibility index (Phi) is 3.90. The van der Waals surface area contributed by atoms with Gasteiger partial charge in [0.05, 0.1) is 6.10 Å². The van der Waals surface area contributed by atoms with Crippen molar-refractivity contribution in [3.8, 4) is 0 Å². The molecule has 3 atom stereocenters. The molecular weight excluding hydrogens is 234 g/mol. The molecule has 2 heteroatoms. The molecule has 1 aromatic carbocycles. The van der Waals surface area contributed by atoms with Gasteiger partial charge in [-0.3, -0.25) is 0 Å². The molecular formula is C17H25NO. The van der Waals surface area contributed by atoms with E-state index >= 15 is 0 Å². The van der Waals surface area contributed by atoms with Gasteiger partial charge >= 0.3 is 0 Å². The maximum Gasteiger partial charge on any atom is 0.0572 e. The van der Waals surface area contributed by atoms with E-state index < -0.39 is 0 Å². The Morgan fingerprint density at radius 2 is 1.79 bits per heavy atom. The van der Waals surface area contributed by atoms with Crippen molar-refractivity contribution in [3.63, 3.8) is 0 Å². The third kappa shape index (κ3) is 2.85. The second-order valence-corrected chi connectivity index (χ2v) is 6.37. The molecule has 0 spiro atoms. The highest BCUT2D eigenvalue weighted by atomic mass is 16.3. The molecule has 2 aliphatic rings. The van der Waals surface area contributed by atoms with E-state index in [0.29, 0.717) is 5.92 Å². The first-order valence-corrected chi connectivity index (χ1v) is 7.68. The topological polar surface area (TPSA) is 23.5 Å². The van der Waals surface area contributed by atoms with Gasteiger partial charge in [-0.15, -0.1) is 0 Å². The summed E-state index contributed by atoms with van der Waals surface area (Å²) >= 11 is 0. The van der Waals surface area contributed by atoms with Crippen molar-refractivity contribution in [2.45, 2.75) is 56.7 Å². The van der Waals surface area contributed by atoms with Crippen LogP contribution in [0.1, 0.15) is 37.7 Å². The minimum absolute atomic E-state index is 0.114. The second kappa shape index (κ2) is 5.64. The summed E-state index contributed by atoms with van der Waals surface area (Å²) < 4.78 is 0. The molecule has 0 saturated carbocycles. The van der Waals surface area contributed by atoms with Gasteiger partial charge in [0.25, 0.3) is 0 Å². The average molecular weight is 259 g/mol. The van der Waals surface area contributed by atoms with Gasteiger partial charge in [-0.2, -0.15) is 0 Å². The van der Waals surface area contributed by atoms with Crippen LogP contribution in [-0.4, -0.2) is 35.2 Å². The van der Waals surface area contributed by atoms with Gasteiger partial charge in [-0.05, 0) is 57.1 Å². The molecule has 2 fully saturated rings. The standard InChI is InChI=1S/C17H25NO/c1-18-15-8-9-16(18)12-14(11-15)17(19)10-7-13-5-3-2-4-6-13/h2-6,14-17,19H,7-12H2,1H3. The van der Waals surface area contributed by atoms with Gasteiger partial charge in [0.2, 0.25) is 0 Å². The number of nitrogens with zero attached hydrogens (tertiary/aromatic N) is 1. The van der Waals surface area contributed by atoms with E-state index in [1.165, 1.54) is 31.2 Å². The van der Waals surface area contributed by atoms with Crippen molar-refractivity contribution in [3.05, 3.63) is 35.9 Å². The normalized spacial score (nSPS) is 32.4. The maximum atomic E-state index is 10.5. The van der Waals surface area contributed by atoms with Gasteiger partial charge in [-0.25, -0.2) is 0 Å². The van der Waals surface area contributed by atoms with E-state index in [1.807, 2.05) is 0 Å². The Hall–Kier alpha value is -0.860. The highest BCUT2D eigenvalue weighted by Crippen LogP contribution is 2.39. The Labute approximate surface area is 116 Å². The Balaban J connectivity index is 1.52.